The van der Waals surface area contributed by atoms with Gasteiger partial charge in [-0.15, -0.1) is 11.8 Å². The average Bonchev–Trinajstić information content (AvgIpc) is 2.72. The quantitative estimate of drug-likeness (QED) is 0.383. The molecule has 0 saturated heterocycles. The predicted molar refractivity (Wildman–Crippen MR) is 118 cm³/mol. The van der Waals surface area contributed by atoms with Gasteiger partial charge in [0.1, 0.15) is 16.9 Å². The highest BCUT2D eigenvalue weighted by atomic mass is 32.2. The van der Waals surface area contributed by atoms with Gasteiger partial charge in [-0.3, -0.25) is 0 Å². The minimum Gasteiger partial charge on any atom is -0.483 e. The van der Waals surface area contributed by atoms with Crippen molar-refractivity contribution in [3.8, 4) is 5.75 Å². The highest BCUT2D eigenvalue weighted by molar-refractivity contribution is 8.01. The van der Waals surface area contributed by atoms with E-state index in [2.05, 4.69) is 0 Å². The van der Waals surface area contributed by atoms with E-state index in [0.717, 1.165) is 0 Å². The van der Waals surface area contributed by atoms with Crippen molar-refractivity contribution in [2.75, 3.05) is 6.26 Å². The van der Waals surface area contributed by atoms with Gasteiger partial charge >= 0.3 is 17.6 Å². The molecule has 164 valence electrons. The standard InChI is InChI=1S/C23H24O7S/c1-6-13(2)22(26)29-21-20(28-17(25)11-12-31-5)18-15(30-23(21,3)4)9-7-14-8-10-16(24)27-19(14)18/h6-12,20-21H,1-5H3. The lowest BCUT2D eigenvalue weighted by molar-refractivity contribution is -0.185. The highest BCUT2D eigenvalue weighted by Crippen LogP contribution is 2.46. The summed E-state index contributed by atoms with van der Waals surface area (Å²) >= 11 is 1.34. The number of esters is 2. The first-order chi connectivity index (χ1) is 14.7. The number of carbonyl (C=O) groups is 2. The van der Waals surface area contributed by atoms with Crippen molar-refractivity contribution in [1.82, 2.24) is 0 Å². The molecule has 0 N–H and O–H groups in total. The molecule has 2 unspecified atom stereocenters. The highest BCUT2D eigenvalue weighted by Gasteiger charge is 2.50. The maximum atomic E-state index is 12.6. The Morgan fingerprint density at radius 2 is 1.87 bits per heavy atom. The molecular weight excluding hydrogens is 420 g/mol. The third kappa shape index (κ3) is 4.69. The zero-order valence-electron chi connectivity index (χ0n) is 18.0. The molecule has 2 heterocycles. The lowest BCUT2D eigenvalue weighted by Gasteiger charge is -2.43. The normalized spacial score (nSPS) is 20.2. The SMILES string of the molecule is CC=C(C)C(=O)OC1C(OC(=O)C=CSC)c2c(ccc3ccc(=O)oc23)OC1(C)C. The van der Waals surface area contributed by atoms with Gasteiger partial charge in [0.2, 0.25) is 0 Å². The number of ether oxygens (including phenoxy) is 3. The van der Waals surface area contributed by atoms with Gasteiger partial charge in [0.25, 0.3) is 0 Å². The first-order valence-corrected chi connectivity index (χ1v) is 11.0. The Bertz CT molecular complexity index is 1130. The van der Waals surface area contributed by atoms with Crippen LogP contribution < -0.4 is 10.4 Å². The molecule has 8 heteroatoms. The van der Waals surface area contributed by atoms with Gasteiger partial charge in [-0.25, -0.2) is 14.4 Å². The summed E-state index contributed by atoms with van der Waals surface area (Å²) in [6.45, 7) is 6.83. The Balaban J connectivity index is 2.19. The average molecular weight is 445 g/mol. The van der Waals surface area contributed by atoms with Gasteiger partial charge in [-0.1, -0.05) is 6.08 Å². The van der Waals surface area contributed by atoms with Crippen molar-refractivity contribution in [3.05, 3.63) is 63.4 Å². The summed E-state index contributed by atoms with van der Waals surface area (Å²) in [5.41, 5.74) is -0.629. The van der Waals surface area contributed by atoms with Crippen LogP contribution in [0.15, 0.2) is 56.6 Å². The van der Waals surface area contributed by atoms with Crippen LogP contribution in [0.5, 0.6) is 5.75 Å². The summed E-state index contributed by atoms with van der Waals surface area (Å²) in [5, 5.41) is 2.21. The van der Waals surface area contributed by atoms with Crippen LogP contribution in [0.25, 0.3) is 11.0 Å². The minimum atomic E-state index is -1.05. The van der Waals surface area contributed by atoms with Gasteiger partial charge in [0.15, 0.2) is 12.2 Å². The zero-order valence-corrected chi connectivity index (χ0v) is 18.8. The molecule has 0 aliphatic carbocycles. The van der Waals surface area contributed by atoms with Gasteiger partial charge < -0.3 is 18.6 Å². The molecule has 1 aromatic carbocycles. The molecule has 3 rings (SSSR count). The summed E-state index contributed by atoms with van der Waals surface area (Å²) in [5.74, 6) is -0.800. The van der Waals surface area contributed by atoms with Crippen LogP contribution in [-0.2, 0) is 19.1 Å². The number of thioether (sulfide) groups is 1. The van der Waals surface area contributed by atoms with Crippen LogP contribution in [0.1, 0.15) is 39.4 Å². The Labute approximate surface area is 184 Å². The van der Waals surface area contributed by atoms with E-state index >= 15 is 0 Å². The Morgan fingerprint density at radius 3 is 2.55 bits per heavy atom. The van der Waals surface area contributed by atoms with E-state index in [1.54, 1.807) is 57.4 Å². The van der Waals surface area contributed by atoms with Gasteiger partial charge in [0, 0.05) is 23.1 Å². The van der Waals surface area contributed by atoms with Gasteiger partial charge in [0.05, 0.1) is 5.56 Å². The number of benzene rings is 1. The first-order valence-electron chi connectivity index (χ1n) is 9.67. The molecule has 0 radical (unpaired) electrons. The Kier molecular flexibility index (Phi) is 6.59. The molecule has 1 aliphatic rings. The summed E-state index contributed by atoms with van der Waals surface area (Å²) in [4.78, 5) is 37.0. The van der Waals surface area contributed by atoms with Crippen molar-refractivity contribution in [1.29, 1.82) is 0 Å². The molecule has 0 spiro atoms. The maximum Gasteiger partial charge on any atom is 0.336 e. The van der Waals surface area contributed by atoms with E-state index in [4.69, 9.17) is 18.6 Å². The van der Waals surface area contributed by atoms with Crippen LogP contribution in [-0.4, -0.2) is 29.9 Å². The lowest BCUT2D eigenvalue weighted by Crippen LogP contribution is -2.52. The van der Waals surface area contributed by atoms with Crippen LogP contribution in [0.2, 0.25) is 0 Å². The van der Waals surface area contributed by atoms with Crippen molar-refractivity contribution >= 4 is 34.7 Å². The van der Waals surface area contributed by atoms with Crippen LogP contribution in [0, 0.1) is 0 Å². The topological polar surface area (TPSA) is 92.0 Å². The fourth-order valence-corrected chi connectivity index (χ4v) is 3.54. The summed E-state index contributed by atoms with van der Waals surface area (Å²) < 4.78 is 23.1. The third-order valence-corrected chi connectivity index (χ3v) is 5.39. The minimum absolute atomic E-state index is 0.218. The van der Waals surface area contributed by atoms with E-state index in [0.29, 0.717) is 22.3 Å². The second-order valence-electron chi connectivity index (χ2n) is 7.55. The number of rotatable bonds is 5. The van der Waals surface area contributed by atoms with Crippen molar-refractivity contribution in [2.45, 2.75) is 45.5 Å². The molecule has 2 aromatic rings. The summed E-state index contributed by atoms with van der Waals surface area (Å²) in [6.07, 6.45) is 2.67. The molecule has 31 heavy (non-hydrogen) atoms. The molecule has 0 fully saturated rings. The largest absolute Gasteiger partial charge is 0.483 e. The van der Waals surface area contributed by atoms with Crippen LogP contribution in [0.4, 0.5) is 0 Å². The molecule has 7 nitrogen and oxygen atoms in total. The molecule has 1 aliphatic heterocycles. The summed E-state index contributed by atoms with van der Waals surface area (Å²) in [6, 6.07) is 6.37. The lowest BCUT2D eigenvalue weighted by atomic mass is 9.87. The molecule has 0 saturated carbocycles. The summed E-state index contributed by atoms with van der Waals surface area (Å²) in [7, 11) is 0. The third-order valence-electron chi connectivity index (χ3n) is 4.98. The van der Waals surface area contributed by atoms with Crippen molar-refractivity contribution in [3.63, 3.8) is 0 Å². The maximum absolute atomic E-state index is 12.6. The monoisotopic (exact) mass is 444 g/mol. The van der Waals surface area contributed by atoms with E-state index in [-0.39, 0.29) is 5.58 Å². The molecular formula is C23H24O7S. The molecule has 0 bridgehead atoms. The molecule has 1 aromatic heterocycles. The van der Waals surface area contributed by atoms with E-state index in [1.807, 2.05) is 6.26 Å². The first kappa shape index (κ1) is 22.7. The van der Waals surface area contributed by atoms with Gasteiger partial charge in [-0.2, -0.15) is 0 Å². The number of carbonyl (C=O) groups excluding carboxylic acids is 2. The second kappa shape index (κ2) is 9.01. The van der Waals surface area contributed by atoms with Crippen LogP contribution >= 0.6 is 11.8 Å². The Hall–Kier alpha value is -3.00. The molecule has 2 atom stereocenters. The van der Waals surface area contributed by atoms with E-state index < -0.39 is 35.4 Å². The number of hydrogen-bond donors (Lipinski definition) is 0. The van der Waals surface area contributed by atoms with Crippen molar-refractivity contribution < 1.29 is 28.2 Å². The number of allylic oxidation sites excluding steroid dienone is 1. The fourth-order valence-electron chi connectivity index (χ4n) is 3.29. The van der Waals surface area contributed by atoms with E-state index in [9.17, 15) is 14.4 Å². The van der Waals surface area contributed by atoms with E-state index in [1.165, 1.54) is 23.9 Å². The number of hydrogen-bond acceptors (Lipinski definition) is 8. The van der Waals surface area contributed by atoms with Crippen LogP contribution in [0.3, 0.4) is 0 Å². The Morgan fingerprint density at radius 1 is 1.16 bits per heavy atom. The predicted octanol–water partition coefficient (Wildman–Crippen LogP) is 4.30. The smallest absolute Gasteiger partial charge is 0.336 e. The molecule has 0 amide bonds. The second-order valence-corrected chi connectivity index (χ2v) is 8.29. The zero-order chi connectivity index (χ0) is 22.8. The van der Waals surface area contributed by atoms with Gasteiger partial charge in [-0.05, 0) is 57.6 Å². The van der Waals surface area contributed by atoms with Crippen molar-refractivity contribution in [2.24, 2.45) is 0 Å². The number of fused-ring (bicyclic) bond motifs is 3. The fraction of sp³-hybridized carbons (Fsp3) is 0.348.